The summed E-state index contributed by atoms with van der Waals surface area (Å²) < 4.78 is 24.9. The van der Waals surface area contributed by atoms with E-state index in [9.17, 15) is 9.18 Å². The summed E-state index contributed by atoms with van der Waals surface area (Å²) in [6, 6.07) is 8.10. The molecule has 0 aliphatic heterocycles. The monoisotopic (exact) mass is 466 g/mol. The number of amides is 1. The number of nitrogens with zero attached hydrogens (tertiary/aromatic N) is 1. The van der Waals surface area contributed by atoms with Gasteiger partial charge in [-0.3, -0.25) is 0 Å². The summed E-state index contributed by atoms with van der Waals surface area (Å²) in [5.41, 5.74) is 1.41. The fourth-order valence-electron chi connectivity index (χ4n) is 2.53. The molecular weight excluding hydrogens is 439 g/mol. The third kappa shape index (κ3) is 8.01. The lowest BCUT2D eigenvalue weighted by atomic mass is 10.1. The van der Waals surface area contributed by atoms with Crippen LogP contribution in [0.15, 0.2) is 41.0 Å². The molecule has 0 bridgehead atoms. The Hall–Kier alpha value is -2.15. The zero-order valence-electron chi connectivity index (χ0n) is 17.5. The normalized spacial score (nSPS) is 12.6. The summed E-state index contributed by atoms with van der Waals surface area (Å²) in [7, 11) is 0. The Labute approximate surface area is 180 Å². The Balaban J connectivity index is 1.97. The van der Waals surface area contributed by atoms with Crippen molar-refractivity contribution in [3.8, 4) is 5.88 Å². The van der Waals surface area contributed by atoms with Crippen molar-refractivity contribution in [1.82, 2.24) is 10.3 Å². The van der Waals surface area contributed by atoms with Gasteiger partial charge in [-0.25, -0.2) is 14.2 Å². The maximum atomic E-state index is 13.0. The summed E-state index contributed by atoms with van der Waals surface area (Å²) in [5.74, 6) is 0.347. The fourth-order valence-corrected chi connectivity index (χ4v) is 3.05. The highest BCUT2D eigenvalue weighted by atomic mass is 79.9. The molecular formula is C22H28BrFN2O3. The molecule has 1 aromatic heterocycles. The number of rotatable bonds is 7. The van der Waals surface area contributed by atoms with Crippen LogP contribution in [0.25, 0.3) is 0 Å². The van der Waals surface area contributed by atoms with Crippen LogP contribution < -0.4 is 10.1 Å². The number of hydrogen-bond donors (Lipinski definition) is 1. The Bertz CT molecular complexity index is 820. The molecule has 0 saturated heterocycles. The molecule has 5 nitrogen and oxygen atoms in total. The second-order valence-corrected chi connectivity index (χ2v) is 9.10. The van der Waals surface area contributed by atoms with Gasteiger partial charge in [0.25, 0.3) is 0 Å². The van der Waals surface area contributed by atoms with E-state index in [4.69, 9.17) is 9.47 Å². The fraction of sp³-hybridized carbons (Fsp3) is 0.455. The van der Waals surface area contributed by atoms with Gasteiger partial charge < -0.3 is 14.8 Å². The van der Waals surface area contributed by atoms with E-state index in [-0.39, 0.29) is 24.4 Å². The molecule has 29 heavy (non-hydrogen) atoms. The van der Waals surface area contributed by atoms with E-state index in [1.165, 1.54) is 12.1 Å². The second kappa shape index (κ2) is 10.1. The van der Waals surface area contributed by atoms with Crippen LogP contribution in [-0.2, 0) is 11.2 Å². The summed E-state index contributed by atoms with van der Waals surface area (Å²) in [5, 5.41) is 2.85. The topological polar surface area (TPSA) is 60.5 Å². The molecule has 1 heterocycles. The van der Waals surface area contributed by atoms with Crippen molar-refractivity contribution in [2.45, 2.75) is 52.7 Å². The first-order valence-corrected chi connectivity index (χ1v) is 10.3. The molecule has 1 unspecified atom stereocenters. The molecule has 0 aliphatic carbocycles. The number of alkyl carbamates (subject to hydrolysis) is 1. The average Bonchev–Trinajstić information content (AvgIpc) is 2.60. The summed E-state index contributed by atoms with van der Waals surface area (Å²) in [6.45, 7) is 9.73. The SMILES string of the molecule is CC(C)C(COc1ncc(Cc2ccc(F)cc2)cc1Br)NC(=O)OC(C)(C)C. The maximum Gasteiger partial charge on any atom is 0.407 e. The Kier molecular flexibility index (Phi) is 8.02. The van der Waals surface area contributed by atoms with E-state index in [0.717, 1.165) is 15.6 Å². The zero-order chi connectivity index (χ0) is 21.6. The van der Waals surface area contributed by atoms with Gasteiger partial charge in [-0.15, -0.1) is 0 Å². The molecule has 0 saturated carbocycles. The van der Waals surface area contributed by atoms with Gasteiger partial charge in [0, 0.05) is 6.20 Å². The molecule has 0 aliphatic rings. The number of nitrogens with one attached hydrogen (secondary N) is 1. The second-order valence-electron chi connectivity index (χ2n) is 8.24. The van der Waals surface area contributed by atoms with Gasteiger partial charge in [-0.05, 0) is 78.4 Å². The first kappa shape index (κ1) is 23.1. The average molecular weight is 467 g/mol. The van der Waals surface area contributed by atoms with Crippen molar-refractivity contribution in [3.63, 3.8) is 0 Å². The van der Waals surface area contributed by atoms with E-state index in [1.807, 2.05) is 40.7 Å². The number of aromatic nitrogens is 1. The summed E-state index contributed by atoms with van der Waals surface area (Å²) >= 11 is 3.49. The lowest BCUT2D eigenvalue weighted by molar-refractivity contribution is 0.0467. The number of carbonyl (C=O) groups excluding carboxylic acids is 1. The summed E-state index contributed by atoms with van der Waals surface area (Å²) in [6.07, 6.45) is 1.90. The lowest BCUT2D eigenvalue weighted by Gasteiger charge is -2.25. The number of halogens is 2. The van der Waals surface area contributed by atoms with Gasteiger partial charge >= 0.3 is 6.09 Å². The quantitative estimate of drug-likeness (QED) is 0.584. The number of ether oxygens (including phenoxy) is 2. The van der Waals surface area contributed by atoms with E-state index >= 15 is 0 Å². The van der Waals surface area contributed by atoms with Gasteiger partial charge in [-0.2, -0.15) is 0 Å². The number of carbonyl (C=O) groups is 1. The minimum Gasteiger partial charge on any atom is -0.475 e. The van der Waals surface area contributed by atoms with E-state index in [0.29, 0.717) is 12.3 Å². The van der Waals surface area contributed by atoms with Crippen LogP contribution in [0.4, 0.5) is 9.18 Å². The number of hydrogen-bond acceptors (Lipinski definition) is 4. The minimum absolute atomic E-state index is 0.152. The first-order chi connectivity index (χ1) is 13.5. The van der Waals surface area contributed by atoms with Crippen molar-refractivity contribution in [2.75, 3.05) is 6.61 Å². The summed E-state index contributed by atoms with van der Waals surface area (Å²) in [4.78, 5) is 16.4. The zero-order valence-corrected chi connectivity index (χ0v) is 19.0. The van der Waals surface area contributed by atoms with E-state index in [2.05, 4.69) is 26.2 Å². The van der Waals surface area contributed by atoms with Crippen LogP contribution >= 0.6 is 15.9 Å². The van der Waals surface area contributed by atoms with Gasteiger partial charge in [0.1, 0.15) is 18.0 Å². The highest BCUT2D eigenvalue weighted by Crippen LogP contribution is 2.25. The number of pyridine rings is 1. The lowest BCUT2D eigenvalue weighted by Crippen LogP contribution is -2.45. The van der Waals surface area contributed by atoms with Gasteiger partial charge in [0.15, 0.2) is 0 Å². The van der Waals surface area contributed by atoms with Crippen LogP contribution in [-0.4, -0.2) is 29.3 Å². The molecule has 1 amide bonds. The number of benzene rings is 1. The van der Waals surface area contributed by atoms with Gasteiger partial charge in [-0.1, -0.05) is 26.0 Å². The molecule has 158 valence electrons. The molecule has 7 heteroatoms. The van der Waals surface area contributed by atoms with Crippen LogP contribution in [0.5, 0.6) is 5.88 Å². The smallest absolute Gasteiger partial charge is 0.407 e. The van der Waals surface area contributed by atoms with E-state index < -0.39 is 11.7 Å². The van der Waals surface area contributed by atoms with Crippen LogP contribution in [0, 0.1) is 11.7 Å². The van der Waals surface area contributed by atoms with Crippen molar-refractivity contribution in [3.05, 3.63) is 57.9 Å². The van der Waals surface area contributed by atoms with Crippen LogP contribution in [0.1, 0.15) is 45.7 Å². The Morgan fingerprint density at radius 3 is 2.41 bits per heavy atom. The molecule has 0 radical (unpaired) electrons. The molecule has 1 aromatic carbocycles. The highest BCUT2D eigenvalue weighted by Gasteiger charge is 2.22. The van der Waals surface area contributed by atoms with Crippen LogP contribution in [0.3, 0.4) is 0 Å². The molecule has 1 N–H and O–H groups in total. The van der Waals surface area contributed by atoms with Crippen molar-refractivity contribution >= 4 is 22.0 Å². The van der Waals surface area contributed by atoms with E-state index in [1.54, 1.807) is 18.3 Å². The largest absolute Gasteiger partial charge is 0.475 e. The third-order valence-electron chi connectivity index (χ3n) is 4.09. The van der Waals surface area contributed by atoms with Crippen molar-refractivity contribution in [2.24, 2.45) is 5.92 Å². The predicted octanol–water partition coefficient (Wildman–Crippen LogP) is 5.50. The molecule has 0 fully saturated rings. The first-order valence-electron chi connectivity index (χ1n) is 9.54. The van der Waals surface area contributed by atoms with Crippen molar-refractivity contribution in [1.29, 1.82) is 0 Å². The van der Waals surface area contributed by atoms with Crippen LogP contribution in [0.2, 0.25) is 0 Å². The third-order valence-corrected chi connectivity index (χ3v) is 4.66. The molecule has 1 atom stereocenters. The molecule has 0 spiro atoms. The van der Waals surface area contributed by atoms with Gasteiger partial charge in [0.2, 0.25) is 5.88 Å². The standard InChI is InChI=1S/C22H28BrFN2O3/c1-14(2)19(26-21(27)29-22(3,4)5)13-28-20-18(23)11-16(12-25-20)10-15-6-8-17(24)9-7-15/h6-9,11-12,14,19H,10,13H2,1-5H3,(H,26,27). The Morgan fingerprint density at radius 2 is 1.86 bits per heavy atom. The molecule has 2 rings (SSSR count). The van der Waals surface area contributed by atoms with Gasteiger partial charge in [0.05, 0.1) is 10.5 Å². The maximum absolute atomic E-state index is 13.0. The minimum atomic E-state index is -0.558. The Morgan fingerprint density at radius 1 is 1.21 bits per heavy atom. The molecule has 2 aromatic rings. The predicted molar refractivity (Wildman–Crippen MR) is 115 cm³/mol. The van der Waals surface area contributed by atoms with Crippen molar-refractivity contribution < 1.29 is 18.7 Å². The highest BCUT2D eigenvalue weighted by molar-refractivity contribution is 9.10.